The van der Waals surface area contributed by atoms with Gasteiger partial charge in [-0.2, -0.15) is 0 Å². The Balaban J connectivity index is 2.87. The van der Waals surface area contributed by atoms with E-state index < -0.39 is 66.9 Å². The van der Waals surface area contributed by atoms with Gasteiger partial charge in [0.25, 0.3) is 0 Å². The monoisotopic (exact) mass is 438 g/mol. The highest BCUT2D eigenvalue weighted by Crippen LogP contribution is 2.05. The molecule has 0 heterocycles. The van der Waals surface area contributed by atoms with Gasteiger partial charge < -0.3 is 37.0 Å². The number of aliphatic hydroxyl groups is 1. The van der Waals surface area contributed by atoms with Crippen molar-refractivity contribution in [3.8, 4) is 0 Å². The van der Waals surface area contributed by atoms with Crippen LogP contribution in [0.5, 0.6) is 0 Å². The highest BCUT2D eigenvalue weighted by molar-refractivity contribution is 5.94. The number of nitrogens with one attached hydrogen (secondary N) is 3. The van der Waals surface area contributed by atoms with Gasteiger partial charge in [0, 0.05) is 6.42 Å². The van der Waals surface area contributed by atoms with E-state index in [1.807, 2.05) is 5.32 Å². The molecule has 4 atom stereocenters. The summed E-state index contributed by atoms with van der Waals surface area (Å²) < 4.78 is 0. The quantitative estimate of drug-likeness (QED) is 0.185. The van der Waals surface area contributed by atoms with Gasteiger partial charge in [-0.3, -0.25) is 19.2 Å². The molecular formula is C19H26N4O8. The summed E-state index contributed by atoms with van der Waals surface area (Å²) in [5, 5.41) is 33.6. The molecular weight excluding hydrogens is 412 g/mol. The van der Waals surface area contributed by atoms with Crippen LogP contribution < -0.4 is 21.7 Å². The fourth-order valence-corrected chi connectivity index (χ4v) is 2.47. The Labute approximate surface area is 177 Å². The van der Waals surface area contributed by atoms with Crippen molar-refractivity contribution in [1.82, 2.24) is 16.0 Å². The van der Waals surface area contributed by atoms with E-state index in [2.05, 4.69) is 10.6 Å². The predicted octanol–water partition coefficient (Wildman–Crippen LogP) is -2.42. The number of carbonyl (C=O) groups excluding carboxylic acids is 3. The maximum Gasteiger partial charge on any atom is 0.326 e. The molecule has 0 spiro atoms. The first-order valence-electron chi connectivity index (χ1n) is 9.31. The van der Waals surface area contributed by atoms with Gasteiger partial charge in [0.2, 0.25) is 17.7 Å². The van der Waals surface area contributed by atoms with Crippen LogP contribution in [-0.2, 0) is 30.4 Å². The maximum atomic E-state index is 12.7. The SMILES string of the molecule is C[C@H](NC(=O)[C@H](Cc1ccccc1)NC(=O)[C@@H](N)CO)C(=O)N[C@@H](CC(=O)O)C(=O)O. The third kappa shape index (κ3) is 8.80. The van der Waals surface area contributed by atoms with E-state index >= 15 is 0 Å². The van der Waals surface area contributed by atoms with Crippen LogP contribution in [-0.4, -0.2) is 75.8 Å². The minimum Gasteiger partial charge on any atom is -0.481 e. The zero-order valence-corrected chi connectivity index (χ0v) is 16.8. The van der Waals surface area contributed by atoms with Crippen LogP contribution in [0.2, 0.25) is 0 Å². The number of hydrogen-bond donors (Lipinski definition) is 7. The molecule has 0 aromatic heterocycles. The lowest BCUT2D eigenvalue weighted by molar-refractivity contribution is -0.147. The Bertz CT molecular complexity index is 801. The Morgan fingerprint density at radius 2 is 1.48 bits per heavy atom. The Hall–Kier alpha value is -3.51. The molecule has 0 fully saturated rings. The zero-order chi connectivity index (χ0) is 23.6. The number of carbonyl (C=O) groups is 5. The van der Waals surface area contributed by atoms with Gasteiger partial charge in [0.15, 0.2) is 0 Å². The van der Waals surface area contributed by atoms with Gasteiger partial charge in [0.05, 0.1) is 13.0 Å². The molecule has 0 aliphatic heterocycles. The van der Waals surface area contributed by atoms with E-state index in [0.29, 0.717) is 5.56 Å². The number of benzene rings is 1. The summed E-state index contributed by atoms with van der Waals surface area (Å²) in [6.07, 6.45) is -0.783. The van der Waals surface area contributed by atoms with E-state index in [1.54, 1.807) is 30.3 Å². The van der Waals surface area contributed by atoms with Crippen LogP contribution in [0.25, 0.3) is 0 Å². The number of hydrogen-bond acceptors (Lipinski definition) is 7. The van der Waals surface area contributed by atoms with Crippen molar-refractivity contribution in [3.63, 3.8) is 0 Å². The zero-order valence-electron chi connectivity index (χ0n) is 16.8. The topological polar surface area (TPSA) is 208 Å². The lowest BCUT2D eigenvalue weighted by atomic mass is 10.0. The molecule has 1 aromatic rings. The van der Waals surface area contributed by atoms with Crippen molar-refractivity contribution < 1.29 is 39.3 Å². The molecule has 3 amide bonds. The van der Waals surface area contributed by atoms with Gasteiger partial charge in [-0.15, -0.1) is 0 Å². The number of rotatable bonds is 12. The summed E-state index contributed by atoms with van der Waals surface area (Å²) in [5.74, 6) is -5.41. The molecule has 0 radical (unpaired) electrons. The Morgan fingerprint density at radius 3 is 2.00 bits per heavy atom. The molecule has 1 aromatic carbocycles. The Kier molecular flexibility index (Phi) is 10.1. The molecule has 170 valence electrons. The number of amides is 3. The smallest absolute Gasteiger partial charge is 0.326 e. The summed E-state index contributed by atoms with van der Waals surface area (Å²) >= 11 is 0. The van der Waals surface area contributed by atoms with Crippen LogP contribution in [0.3, 0.4) is 0 Å². The lowest BCUT2D eigenvalue weighted by Gasteiger charge is -2.23. The molecule has 0 aliphatic rings. The first-order valence-corrected chi connectivity index (χ1v) is 9.31. The van der Waals surface area contributed by atoms with Gasteiger partial charge in [-0.25, -0.2) is 4.79 Å². The summed E-state index contributed by atoms with van der Waals surface area (Å²) in [7, 11) is 0. The summed E-state index contributed by atoms with van der Waals surface area (Å²) in [5.41, 5.74) is 6.17. The highest BCUT2D eigenvalue weighted by atomic mass is 16.4. The molecule has 0 aliphatic carbocycles. The van der Waals surface area contributed by atoms with E-state index in [4.69, 9.17) is 21.1 Å². The van der Waals surface area contributed by atoms with Crippen molar-refractivity contribution >= 4 is 29.7 Å². The van der Waals surface area contributed by atoms with Crippen LogP contribution >= 0.6 is 0 Å². The molecule has 8 N–H and O–H groups in total. The van der Waals surface area contributed by atoms with Gasteiger partial charge in [-0.1, -0.05) is 30.3 Å². The van der Waals surface area contributed by atoms with Crippen molar-refractivity contribution in [2.75, 3.05) is 6.61 Å². The van der Waals surface area contributed by atoms with Crippen molar-refractivity contribution in [1.29, 1.82) is 0 Å². The standard InChI is InChI=1S/C19H26N4O8/c1-10(16(27)23-14(19(30)31)8-15(25)26)21-18(29)13(22-17(28)12(20)9-24)7-11-5-3-2-4-6-11/h2-6,10,12-14,24H,7-9,20H2,1H3,(H,21,29)(H,22,28)(H,23,27)(H,25,26)(H,30,31)/t10-,12-,13-,14-/m0/s1. The molecule has 0 unspecified atom stereocenters. The van der Waals surface area contributed by atoms with Crippen LogP contribution in [0.4, 0.5) is 0 Å². The predicted molar refractivity (Wildman–Crippen MR) is 107 cm³/mol. The second-order valence-corrected chi connectivity index (χ2v) is 6.77. The number of carboxylic acid groups (broad SMARTS) is 2. The third-order valence-electron chi connectivity index (χ3n) is 4.19. The highest BCUT2D eigenvalue weighted by Gasteiger charge is 2.29. The molecule has 12 heteroatoms. The van der Waals surface area contributed by atoms with Crippen LogP contribution in [0.15, 0.2) is 30.3 Å². The minimum atomic E-state index is -1.67. The van der Waals surface area contributed by atoms with Crippen LogP contribution in [0, 0.1) is 0 Å². The van der Waals surface area contributed by atoms with E-state index in [0.717, 1.165) is 0 Å². The molecule has 31 heavy (non-hydrogen) atoms. The van der Waals surface area contributed by atoms with E-state index in [-0.39, 0.29) is 6.42 Å². The lowest BCUT2D eigenvalue weighted by Crippen LogP contribution is -2.57. The molecule has 0 saturated carbocycles. The largest absolute Gasteiger partial charge is 0.481 e. The molecule has 1 rings (SSSR count). The average molecular weight is 438 g/mol. The summed E-state index contributed by atoms with van der Waals surface area (Å²) in [6, 6.07) is 3.37. The number of aliphatic hydroxyl groups excluding tert-OH is 1. The fraction of sp³-hybridized carbons (Fsp3) is 0.421. The van der Waals surface area contributed by atoms with Gasteiger partial charge in [0.1, 0.15) is 24.2 Å². The minimum absolute atomic E-state index is 0.0572. The first kappa shape index (κ1) is 25.5. The number of nitrogens with two attached hydrogens (primary N) is 1. The normalized spacial score (nSPS) is 14.4. The number of aliphatic carboxylic acids is 2. The summed E-state index contributed by atoms with van der Waals surface area (Å²) in [4.78, 5) is 58.8. The molecule has 0 bridgehead atoms. The third-order valence-corrected chi connectivity index (χ3v) is 4.19. The van der Waals surface area contributed by atoms with E-state index in [9.17, 15) is 24.0 Å². The second kappa shape index (κ2) is 12.2. The van der Waals surface area contributed by atoms with Crippen molar-refractivity contribution in [3.05, 3.63) is 35.9 Å². The van der Waals surface area contributed by atoms with Crippen molar-refractivity contribution in [2.45, 2.75) is 43.9 Å². The first-order chi connectivity index (χ1) is 14.5. The Morgan fingerprint density at radius 1 is 0.903 bits per heavy atom. The van der Waals surface area contributed by atoms with Gasteiger partial charge in [-0.05, 0) is 12.5 Å². The van der Waals surface area contributed by atoms with E-state index in [1.165, 1.54) is 6.92 Å². The van der Waals surface area contributed by atoms with Gasteiger partial charge >= 0.3 is 11.9 Å². The average Bonchev–Trinajstić information content (AvgIpc) is 2.72. The maximum absolute atomic E-state index is 12.7. The van der Waals surface area contributed by atoms with Crippen LogP contribution in [0.1, 0.15) is 18.9 Å². The molecule has 12 nitrogen and oxygen atoms in total. The van der Waals surface area contributed by atoms with Crippen molar-refractivity contribution in [2.24, 2.45) is 5.73 Å². The second-order valence-electron chi connectivity index (χ2n) is 6.77. The summed E-state index contributed by atoms with van der Waals surface area (Å²) in [6.45, 7) is 0.637. The number of carboxylic acids is 2. The molecule has 0 saturated heterocycles. The fourth-order valence-electron chi connectivity index (χ4n) is 2.47.